The van der Waals surface area contributed by atoms with Crippen LogP contribution in [0.5, 0.6) is 0 Å². The van der Waals surface area contributed by atoms with Gasteiger partial charge in [0.15, 0.2) is 15.5 Å². The van der Waals surface area contributed by atoms with Gasteiger partial charge in [-0.25, -0.2) is 18.4 Å². The van der Waals surface area contributed by atoms with E-state index in [9.17, 15) is 8.42 Å². The monoisotopic (exact) mass is 240 g/mol. The summed E-state index contributed by atoms with van der Waals surface area (Å²) in [5.41, 5.74) is 6.63. The average molecular weight is 240 g/mol. The predicted octanol–water partition coefficient (Wildman–Crippen LogP) is 0.646. The molecule has 0 saturated carbocycles. The Morgan fingerprint density at radius 3 is 2.69 bits per heavy atom. The van der Waals surface area contributed by atoms with Gasteiger partial charge in [-0.05, 0) is 19.1 Å². The summed E-state index contributed by atoms with van der Waals surface area (Å²) in [7, 11) is -3.17. The number of anilines is 1. The molecule has 0 aliphatic heterocycles. The molecule has 0 fully saturated rings. The Kier molecular flexibility index (Phi) is 2.34. The van der Waals surface area contributed by atoms with Crippen molar-refractivity contribution in [2.75, 3.05) is 12.0 Å². The SMILES string of the molecule is CC(c1nc2nc(N)ccc2[nH]1)S(C)(=O)=O. The van der Waals surface area contributed by atoms with Crippen molar-refractivity contribution in [3.8, 4) is 0 Å². The van der Waals surface area contributed by atoms with Gasteiger partial charge in [-0.3, -0.25) is 0 Å². The number of fused-ring (bicyclic) bond motifs is 1. The van der Waals surface area contributed by atoms with Crippen LogP contribution in [0, 0.1) is 0 Å². The zero-order chi connectivity index (χ0) is 11.9. The molecular weight excluding hydrogens is 228 g/mol. The third-order valence-corrected chi connectivity index (χ3v) is 3.92. The molecule has 2 rings (SSSR count). The van der Waals surface area contributed by atoms with Crippen molar-refractivity contribution in [2.45, 2.75) is 12.2 Å². The summed E-state index contributed by atoms with van der Waals surface area (Å²) in [6.45, 7) is 1.58. The maximum atomic E-state index is 11.4. The zero-order valence-electron chi connectivity index (χ0n) is 8.93. The number of imidazole rings is 1. The van der Waals surface area contributed by atoms with Crippen molar-refractivity contribution in [1.82, 2.24) is 15.0 Å². The number of sulfone groups is 1. The summed E-state index contributed by atoms with van der Waals surface area (Å²) in [4.78, 5) is 11.0. The molecule has 0 saturated heterocycles. The Balaban J connectivity index is 2.56. The van der Waals surface area contributed by atoms with E-state index in [1.165, 1.54) is 6.26 Å². The summed E-state index contributed by atoms with van der Waals surface area (Å²) in [6, 6.07) is 3.36. The largest absolute Gasteiger partial charge is 0.384 e. The number of hydrogen-bond acceptors (Lipinski definition) is 5. The van der Waals surface area contributed by atoms with Gasteiger partial charge in [0.1, 0.15) is 16.9 Å². The van der Waals surface area contributed by atoms with E-state index >= 15 is 0 Å². The van der Waals surface area contributed by atoms with Crippen LogP contribution in [0.4, 0.5) is 5.82 Å². The van der Waals surface area contributed by atoms with Crippen LogP contribution >= 0.6 is 0 Å². The van der Waals surface area contributed by atoms with Crippen molar-refractivity contribution in [3.63, 3.8) is 0 Å². The van der Waals surface area contributed by atoms with Crippen LogP contribution in [0.2, 0.25) is 0 Å². The molecule has 0 bridgehead atoms. The van der Waals surface area contributed by atoms with E-state index in [1.807, 2.05) is 0 Å². The van der Waals surface area contributed by atoms with E-state index in [0.29, 0.717) is 22.8 Å². The van der Waals surface area contributed by atoms with Crippen molar-refractivity contribution in [3.05, 3.63) is 18.0 Å². The van der Waals surface area contributed by atoms with Gasteiger partial charge >= 0.3 is 0 Å². The first-order chi connectivity index (χ1) is 7.38. The molecule has 0 amide bonds. The van der Waals surface area contributed by atoms with Gasteiger partial charge in [-0.1, -0.05) is 0 Å². The number of pyridine rings is 1. The second-order valence-electron chi connectivity index (χ2n) is 3.70. The number of nitrogen functional groups attached to an aromatic ring is 1. The topological polar surface area (TPSA) is 102 Å². The lowest BCUT2D eigenvalue weighted by Gasteiger charge is -2.03. The number of hydrogen-bond donors (Lipinski definition) is 2. The summed E-state index contributed by atoms with van der Waals surface area (Å²) in [5, 5.41) is -0.678. The molecular formula is C9H12N4O2S. The van der Waals surface area contributed by atoms with Crippen molar-refractivity contribution < 1.29 is 8.42 Å². The van der Waals surface area contributed by atoms with E-state index in [-0.39, 0.29) is 0 Å². The second-order valence-corrected chi connectivity index (χ2v) is 6.07. The maximum Gasteiger partial charge on any atom is 0.179 e. The lowest BCUT2D eigenvalue weighted by Crippen LogP contribution is -2.09. The lowest BCUT2D eigenvalue weighted by molar-refractivity contribution is 0.590. The van der Waals surface area contributed by atoms with Crippen LogP contribution in [-0.4, -0.2) is 29.6 Å². The molecule has 1 unspecified atom stereocenters. The Morgan fingerprint density at radius 2 is 2.06 bits per heavy atom. The van der Waals surface area contributed by atoms with Gasteiger partial charge in [0, 0.05) is 6.26 Å². The van der Waals surface area contributed by atoms with Crippen LogP contribution in [0.15, 0.2) is 12.1 Å². The van der Waals surface area contributed by atoms with Gasteiger partial charge in [0.05, 0.1) is 5.52 Å². The quantitative estimate of drug-likeness (QED) is 0.802. The minimum Gasteiger partial charge on any atom is -0.384 e. The van der Waals surface area contributed by atoms with E-state index in [1.54, 1.807) is 19.1 Å². The molecule has 0 aromatic carbocycles. The molecule has 16 heavy (non-hydrogen) atoms. The van der Waals surface area contributed by atoms with Crippen molar-refractivity contribution >= 4 is 26.8 Å². The fourth-order valence-corrected chi connectivity index (χ4v) is 1.84. The molecule has 2 aromatic rings. The minimum absolute atomic E-state index is 0.359. The number of nitrogens with two attached hydrogens (primary N) is 1. The van der Waals surface area contributed by atoms with E-state index in [2.05, 4.69) is 15.0 Å². The van der Waals surface area contributed by atoms with Crippen LogP contribution < -0.4 is 5.73 Å². The Hall–Kier alpha value is -1.63. The third-order valence-electron chi connectivity index (χ3n) is 2.41. The average Bonchev–Trinajstić information content (AvgIpc) is 2.57. The van der Waals surface area contributed by atoms with Gasteiger partial charge in [-0.15, -0.1) is 0 Å². The van der Waals surface area contributed by atoms with Crippen molar-refractivity contribution in [1.29, 1.82) is 0 Å². The molecule has 6 nitrogen and oxygen atoms in total. The van der Waals surface area contributed by atoms with Gasteiger partial charge < -0.3 is 10.7 Å². The Bertz CT molecular complexity index is 632. The van der Waals surface area contributed by atoms with Crippen LogP contribution in [-0.2, 0) is 9.84 Å². The predicted molar refractivity (Wildman–Crippen MR) is 61.6 cm³/mol. The maximum absolute atomic E-state index is 11.4. The molecule has 2 aromatic heterocycles. The fourth-order valence-electron chi connectivity index (χ4n) is 1.32. The number of rotatable bonds is 2. The molecule has 3 N–H and O–H groups in total. The summed E-state index contributed by atoms with van der Waals surface area (Å²) >= 11 is 0. The minimum atomic E-state index is -3.17. The molecule has 86 valence electrons. The highest BCUT2D eigenvalue weighted by Gasteiger charge is 2.21. The number of aromatic nitrogens is 3. The molecule has 0 aliphatic rings. The summed E-state index contributed by atoms with van der Waals surface area (Å²) in [6.07, 6.45) is 1.17. The molecule has 0 spiro atoms. The Morgan fingerprint density at radius 1 is 1.38 bits per heavy atom. The highest BCUT2D eigenvalue weighted by Crippen LogP contribution is 2.20. The molecule has 0 radical (unpaired) electrons. The molecule has 7 heteroatoms. The van der Waals surface area contributed by atoms with Crippen LogP contribution in [0.3, 0.4) is 0 Å². The first-order valence-electron chi connectivity index (χ1n) is 4.69. The van der Waals surface area contributed by atoms with Gasteiger partial charge in [0.2, 0.25) is 0 Å². The number of H-pyrrole nitrogens is 1. The summed E-state index contributed by atoms with van der Waals surface area (Å²) in [5.74, 6) is 0.744. The highest BCUT2D eigenvalue weighted by atomic mass is 32.2. The number of nitrogens with one attached hydrogen (secondary N) is 1. The highest BCUT2D eigenvalue weighted by molar-refractivity contribution is 7.90. The van der Waals surface area contributed by atoms with Crippen molar-refractivity contribution in [2.24, 2.45) is 0 Å². The molecule has 1 atom stereocenters. The first-order valence-corrected chi connectivity index (χ1v) is 6.64. The second kappa shape index (κ2) is 3.44. The zero-order valence-corrected chi connectivity index (χ0v) is 9.75. The van der Waals surface area contributed by atoms with Crippen LogP contribution in [0.1, 0.15) is 18.0 Å². The lowest BCUT2D eigenvalue weighted by atomic mass is 10.4. The number of nitrogens with zero attached hydrogens (tertiary/aromatic N) is 2. The van der Waals surface area contributed by atoms with Crippen LogP contribution in [0.25, 0.3) is 11.2 Å². The standard InChI is InChI=1S/C9H12N4O2S/c1-5(16(2,14)15)8-11-6-3-4-7(10)12-9(6)13-8/h3-5H,1-2H3,(H3,10,11,12,13). The van der Waals surface area contributed by atoms with E-state index in [0.717, 1.165) is 0 Å². The normalized spacial score (nSPS) is 14.1. The van der Waals surface area contributed by atoms with Gasteiger partial charge in [-0.2, -0.15) is 0 Å². The first kappa shape index (κ1) is 10.9. The van der Waals surface area contributed by atoms with E-state index in [4.69, 9.17) is 5.73 Å². The summed E-state index contributed by atoms with van der Waals surface area (Å²) < 4.78 is 22.7. The number of aromatic amines is 1. The molecule has 0 aliphatic carbocycles. The molecule has 2 heterocycles. The fraction of sp³-hybridized carbons (Fsp3) is 0.333. The third kappa shape index (κ3) is 1.85. The van der Waals surface area contributed by atoms with E-state index < -0.39 is 15.1 Å². The van der Waals surface area contributed by atoms with Gasteiger partial charge in [0.25, 0.3) is 0 Å². The Labute approximate surface area is 92.8 Å². The smallest absolute Gasteiger partial charge is 0.179 e.